The van der Waals surface area contributed by atoms with Crippen LogP contribution >= 0.6 is 48.6 Å². The molecule has 0 radical (unpaired) electrons. The molecule has 1 nitrogen and oxygen atoms in total. The molecule has 0 aliphatic heterocycles. The highest BCUT2D eigenvalue weighted by molar-refractivity contribution is 8.14. The van der Waals surface area contributed by atoms with Gasteiger partial charge in [-0.2, -0.15) is 15.5 Å². The Morgan fingerprint density at radius 3 is 1.75 bits per heavy atom. The van der Waals surface area contributed by atoms with Crippen molar-refractivity contribution in [1.82, 2.24) is 0 Å². The Balaban J connectivity index is 3.99. The molecule has 0 aromatic rings. The maximum absolute atomic E-state index is 11.9. The van der Waals surface area contributed by atoms with Gasteiger partial charge in [0.05, 0.1) is 48.6 Å². The zero-order chi connectivity index (χ0) is 9.61. The van der Waals surface area contributed by atoms with E-state index in [4.69, 9.17) is 0 Å². The van der Waals surface area contributed by atoms with Gasteiger partial charge >= 0.3 is 0 Å². The van der Waals surface area contributed by atoms with Gasteiger partial charge in [-0.3, -0.25) is 0 Å². The van der Waals surface area contributed by atoms with E-state index in [9.17, 15) is 15.5 Å². The van der Waals surface area contributed by atoms with Gasteiger partial charge in [0.15, 0.2) is 0 Å². The second kappa shape index (κ2) is 6.52. The summed E-state index contributed by atoms with van der Waals surface area (Å²) in [7, 11) is 0. The fourth-order valence-corrected chi connectivity index (χ4v) is 1.44. The maximum Gasteiger partial charge on any atom is 0.220 e. The molecule has 0 fully saturated rings. The summed E-state index contributed by atoms with van der Waals surface area (Å²) in [6.07, 6.45) is 0. The van der Waals surface area contributed by atoms with Crippen molar-refractivity contribution in [3.63, 3.8) is 0 Å². The van der Waals surface area contributed by atoms with E-state index in [1.54, 1.807) is 0 Å². The van der Waals surface area contributed by atoms with E-state index in [-0.39, 0.29) is 0 Å². The lowest BCUT2D eigenvalue weighted by atomic mass is 10.8. The first kappa shape index (κ1) is 13.1. The van der Waals surface area contributed by atoms with Gasteiger partial charge in [0.1, 0.15) is 0 Å². The van der Waals surface area contributed by atoms with Crippen molar-refractivity contribution in [2.45, 2.75) is 16.0 Å². The molecule has 9 heteroatoms. The zero-order valence-corrected chi connectivity index (χ0v) is 8.90. The van der Waals surface area contributed by atoms with E-state index in [1.807, 2.05) is 0 Å². The Kier molecular flexibility index (Phi) is 7.11. The van der Waals surface area contributed by atoms with Gasteiger partial charge in [0, 0.05) is 0 Å². The van der Waals surface area contributed by atoms with Crippen LogP contribution in [0.25, 0.3) is 0 Å². The lowest BCUT2D eigenvalue weighted by molar-refractivity contribution is 0.120. The molecule has 0 aromatic carbocycles. The van der Waals surface area contributed by atoms with Crippen LogP contribution < -0.4 is 0 Å². The summed E-state index contributed by atoms with van der Waals surface area (Å²) < 4.78 is 48.2. The monoisotopic (exact) mass is 260 g/mol. The average molecular weight is 260 g/mol. The molecule has 0 spiro atoms. The number of halogens is 4. The van der Waals surface area contributed by atoms with Crippen LogP contribution in [0.15, 0.2) is 0 Å². The van der Waals surface area contributed by atoms with Gasteiger partial charge in [-0.05, 0) is 6.92 Å². The molecular weight excluding hydrogens is 256 g/mol. The summed E-state index contributed by atoms with van der Waals surface area (Å²) in [5.74, 6) is 0. The van der Waals surface area contributed by atoms with Gasteiger partial charge in [0.25, 0.3) is 0 Å². The smallest absolute Gasteiger partial charge is 0.220 e. The number of hydrogen-bond acceptors (Lipinski definition) is 5. The summed E-state index contributed by atoms with van der Waals surface area (Å²) in [6.45, 7) is 1.03. The molecule has 0 saturated heterocycles. The third kappa shape index (κ3) is 4.35. The van der Waals surface area contributed by atoms with Crippen LogP contribution in [0.3, 0.4) is 0 Å². The summed E-state index contributed by atoms with van der Waals surface area (Å²) in [5, 5.41) is 0. The van der Waals surface area contributed by atoms with E-state index >= 15 is 0 Å². The van der Waals surface area contributed by atoms with Crippen LogP contribution in [0.2, 0.25) is 0 Å². The molecule has 0 rings (SSSR count). The molecule has 0 saturated carbocycles. The highest BCUT2D eigenvalue weighted by atomic mass is 32.2. The summed E-state index contributed by atoms with van der Waals surface area (Å²) >= 11 is -1.86. The summed E-state index contributed by atoms with van der Waals surface area (Å²) in [6, 6.07) is 0. The molecule has 0 atom stereocenters. The lowest BCUT2D eigenvalue weighted by Gasteiger charge is -2.21. The lowest BCUT2D eigenvalue weighted by Crippen LogP contribution is -2.21. The Labute approximate surface area is 84.9 Å². The fraction of sp³-hybridized carbons (Fsp3) is 1.00. The first-order chi connectivity index (χ1) is 5.61. The molecular formula is C3H4F4OS4. The second-order valence-electron chi connectivity index (χ2n) is 1.60. The molecule has 0 amide bonds. The topological polar surface area (TPSA) is 9.23 Å². The highest BCUT2D eigenvalue weighted by Crippen LogP contribution is 2.44. The first-order valence-corrected chi connectivity index (χ1v) is 5.43. The first-order valence-electron chi connectivity index (χ1n) is 2.44. The van der Waals surface area contributed by atoms with Crippen LogP contribution in [0, 0.1) is 0 Å². The van der Waals surface area contributed by atoms with Crippen molar-refractivity contribution in [2.24, 2.45) is 0 Å². The fourth-order valence-electron chi connectivity index (χ4n) is 0.273. The number of ether oxygens (including phenoxy) is 1. The van der Waals surface area contributed by atoms with Gasteiger partial charge in [-0.15, -0.1) is 0 Å². The highest BCUT2D eigenvalue weighted by Gasteiger charge is 2.34. The predicted octanol–water partition coefficient (Wildman–Crippen LogP) is 4.43. The van der Waals surface area contributed by atoms with Crippen molar-refractivity contribution >= 4 is 48.6 Å². The summed E-state index contributed by atoms with van der Waals surface area (Å²) in [4.78, 5) is 0. The predicted molar refractivity (Wildman–Crippen MR) is 48.1 cm³/mol. The van der Waals surface area contributed by atoms with Gasteiger partial charge in [0.2, 0.25) is 9.03 Å². The van der Waals surface area contributed by atoms with Crippen molar-refractivity contribution in [2.75, 3.05) is 0 Å². The number of hydrogen-bond donors (Lipinski definition) is 0. The molecule has 0 aromatic heterocycles. The van der Waals surface area contributed by atoms with Crippen molar-refractivity contribution in [3.8, 4) is 0 Å². The Morgan fingerprint density at radius 2 is 1.50 bits per heavy atom. The molecule has 74 valence electrons. The van der Waals surface area contributed by atoms with Gasteiger partial charge < -0.3 is 4.74 Å². The summed E-state index contributed by atoms with van der Waals surface area (Å²) in [5.41, 5.74) is 0. The van der Waals surface area contributed by atoms with Crippen molar-refractivity contribution in [1.29, 1.82) is 0 Å². The van der Waals surface area contributed by atoms with Crippen molar-refractivity contribution in [3.05, 3.63) is 0 Å². The van der Waals surface area contributed by atoms with E-state index in [0.717, 1.165) is 6.92 Å². The third-order valence-electron chi connectivity index (χ3n) is 0.736. The molecule has 12 heavy (non-hydrogen) atoms. The van der Waals surface area contributed by atoms with E-state index in [1.165, 1.54) is 0 Å². The van der Waals surface area contributed by atoms with E-state index in [2.05, 4.69) is 4.74 Å². The molecule has 0 heterocycles. The maximum atomic E-state index is 11.9. The Bertz CT molecular complexity index is 119. The van der Waals surface area contributed by atoms with E-state index in [0.29, 0.717) is 0 Å². The average Bonchev–Trinajstić information content (AvgIpc) is 2.14. The zero-order valence-electron chi connectivity index (χ0n) is 5.63. The number of rotatable bonds is 6. The van der Waals surface area contributed by atoms with Crippen LogP contribution in [0.1, 0.15) is 6.92 Å². The SMILES string of the molecule is CC(OC(SF)SF)(SF)SF. The van der Waals surface area contributed by atoms with Crippen LogP contribution in [-0.2, 0) is 4.74 Å². The molecule has 0 aliphatic rings. The quantitative estimate of drug-likeness (QED) is 0.514. The largest absolute Gasteiger partial charge is 0.321 e. The van der Waals surface area contributed by atoms with Crippen LogP contribution in [0.4, 0.5) is 15.5 Å². The standard InChI is InChI=1S/C3H4F4OS4/c1-3(11-6,12-7)8-2(9-4)10-5/h2H,1H3. The molecule has 0 bridgehead atoms. The van der Waals surface area contributed by atoms with Crippen LogP contribution in [0.5, 0.6) is 0 Å². The Morgan fingerprint density at radius 1 is 1.08 bits per heavy atom. The normalized spacial score (nSPS) is 12.5. The molecule has 0 aliphatic carbocycles. The third-order valence-corrected chi connectivity index (χ3v) is 2.79. The molecule has 0 N–H and O–H groups in total. The minimum atomic E-state index is -1.91. The molecule has 0 unspecified atom stereocenters. The van der Waals surface area contributed by atoms with Crippen LogP contribution in [-0.4, -0.2) is 9.03 Å². The van der Waals surface area contributed by atoms with E-state index < -0.39 is 57.6 Å². The Hall–Kier alpha value is 1.08. The second-order valence-corrected chi connectivity index (χ2v) is 5.24. The van der Waals surface area contributed by atoms with Crippen molar-refractivity contribution < 1.29 is 20.3 Å². The minimum absolute atomic E-state index is 0.463. The van der Waals surface area contributed by atoms with Gasteiger partial charge in [-0.1, -0.05) is 0 Å². The van der Waals surface area contributed by atoms with Gasteiger partial charge in [-0.25, -0.2) is 0 Å². The minimum Gasteiger partial charge on any atom is -0.321 e.